The quantitative estimate of drug-likeness (QED) is 0.446. The van der Waals surface area contributed by atoms with Crippen molar-refractivity contribution in [1.29, 1.82) is 0 Å². The van der Waals surface area contributed by atoms with E-state index in [0.717, 1.165) is 11.1 Å². The molecule has 0 aliphatic carbocycles. The molecule has 0 saturated carbocycles. The van der Waals surface area contributed by atoms with Crippen LogP contribution in [0.15, 0.2) is 59.5 Å². The van der Waals surface area contributed by atoms with Crippen LogP contribution in [0.3, 0.4) is 0 Å². The minimum atomic E-state index is -4.02. The van der Waals surface area contributed by atoms with Crippen LogP contribution in [-0.2, 0) is 10.0 Å². The number of benzene rings is 3. The monoisotopic (exact) mass is 482 g/mol. The third kappa shape index (κ3) is 4.90. The maximum absolute atomic E-state index is 12.9. The summed E-state index contributed by atoms with van der Waals surface area (Å²) in [5.74, 6) is -0.520. The van der Waals surface area contributed by atoms with E-state index >= 15 is 0 Å². The fourth-order valence-electron chi connectivity index (χ4n) is 2.69. The van der Waals surface area contributed by atoms with E-state index in [1.54, 1.807) is 24.3 Å². The third-order valence-electron chi connectivity index (χ3n) is 4.51. The Morgan fingerprint density at radius 3 is 2.27 bits per heavy atom. The second kappa shape index (κ2) is 8.86. The van der Waals surface area contributed by atoms with Crippen LogP contribution in [0.4, 0.5) is 11.4 Å². The van der Waals surface area contributed by atoms with Gasteiger partial charge in [-0.15, -0.1) is 0 Å². The lowest BCUT2D eigenvalue weighted by atomic mass is 10.1. The van der Waals surface area contributed by atoms with Crippen molar-refractivity contribution >= 4 is 62.1 Å². The van der Waals surface area contributed by atoms with Crippen LogP contribution >= 0.6 is 34.8 Å². The number of halogens is 3. The summed E-state index contributed by atoms with van der Waals surface area (Å²) < 4.78 is 28.4. The summed E-state index contributed by atoms with van der Waals surface area (Å²) in [6.07, 6.45) is 0. The zero-order valence-electron chi connectivity index (χ0n) is 16.0. The minimum absolute atomic E-state index is 0.00102. The number of amides is 1. The number of nitrogens with one attached hydrogen (secondary N) is 2. The molecule has 0 aliphatic heterocycles. The number of hydrogen-bond acceptors (Lipinski definition) is 3. The standard InChI is InChI=1S/C21H17Cl3N2O3S/c1-12-4-3-5-19(13(12)2)26-30(28,29)20-10-14(6-8-17(20)23)21(27)25-15-7-9-16(22)18(24)11-15/h3-11,26H,1-2H3,(H,25,27). The van der Waals surface area contributed by atoms with Crippen LogP contribution in [0.25, 0.3) is 0 Å². The van der Waals surface area contributed by atoms with E-state index in [9.17, 15) is 13.2 Å². The summed E-state index contributed by atoms with van der Waals surface area (Å²) in [5.41, 5.74) is 2.72. The van der Waals surface area contributed by atoms with Crippen molar-refractivity contribution in [3.8, 4) is 0 Å². The maximum Gasteiger partial charge on any atom is 0.263 e. The number of sulfonamides is 1. The van der Waals surface area contributed by atoms with Crippen molar-refractivity contribution in [1.82, 2.24) is 0 Å². The Balaban J connectivity index is 1.91. The van der Waals surface area contributed by atoms with Crippen LogP contribution in [-0.4, -0.2) is 14.3 Å². The molecule has 0 aromatic heterocycles. The molecule has 3 rings (SSSR count). The molecule has 156 valence electrons. The number of aryl methyl sites for hydroxylation is 1. The van der Waals surface area contributed by atoms with Gasteiger partial charge in [0.25, 0.3) is 15.9 Å². The van der Waals surface area contributed by atoms with Crippen molar-refractivity contribution in [2.75, 3.05) is 10.0 Å². The molecule has 0 saturated heterocycles. The summed E-state index contributed by atoms with van der Waals surface area (Å²) in [6, 6.07) is 14.0. The first-order valence-corrected chi connectivity index (χ1v) is 11.3. The summed E-state index contributed by atoms with van der Waals surface area (Å²) in [5, 5.41) is 3.29. The number of anilines is 2. The molecular formula is C21H17Cl3N2O3S. The Morgan fingerprint density at radius 2 is 1.57 bits per heavy atom. The van der Waals surface area contributed by atoms with E-state index < -0.39 is 15.9 Å². The zero-order valence-corrected chi connectivity index (χ0v) is 19.0. The molecule has 0 fully saturated rings. The summed E-state index contributed by atoms with van der Waals surface area (Å²) >= 11 is 18.0. The highest BCUT2D eigenvalue weighted by atomic mass is 35.5. The van der Waals surface area contributed by atoms with Gasteiger partial charge in [-0.2, -0.15) is 0 Å². The lowest BCUT2D eigenvalue weighted by Gasteiger charge is -2.14. The van der Waals surface area contributed by atoms with Crippen molar-refractivity contribution < 1.29 is 13.2 Å². The Bertz CT molecular complexity index is 1240. The Kier molecular flexibility index (Phi) is 6.62. The molecule has 30 heavy (non-hydrogen) atoms. The van der Waals surface area contributed by atoms with E-state index in [1.165, 1.54) is 24.3 Å². The van der Waals surface area contributed by atoms with Gasteiger partial charge in [0, 0.05) is 11.3 Å². The van der Waals surface area contributed by atoms with Crippen molar-refractivity contribution in [3.63, 3.8) is 0 Å². The lowest BCUT2D eigenvalue weighted by molar-refractivity contribution is 0.102. The molecule has 0 atom stereocenters. The zero-order chi connectivity index (χ0) is 22.1. The van der Waals surface area contributed by atoms with Crippen LogP contribution < -0.4 is 10.0 Å². The molecule has 0 heterocycles. The summed E-state index contributed by atoms with van der Waals surface area (Å²) in [4.78, 5) is 12.4. The number of rotatable bonds is 5. The van der Waals surface area contributed by atoms with Gasteiger partial charge in [-0.05, 0) is 67.4 Å². The topological polar surface area (TPSA) is 75.3 Å². The average molecular weight is 484 g/mol. The highest BCUT2D eigenvalue weighted by Crippen LogP contribution is 2.28. The molecule has 3 aromatic carbocycles. The van der Waals surface area contributed by atoms with Crippen LogP contribution in [0, 0.1) is 13.8 Å². The second-order valence-corrected chi connectivity index (χ2v) is 9.45. The normalized spacial score (nSPS) is 11.2. The lowest BCUT2D eigenvalue weighted by Crippen LogP contribution is -2.17. The van der Waals surface area contributed by atoms with Crippen molar-refractivity contribution in [2.24, 2.45) is 0 Å². The highest BCUT2D eigenvalue weighted by molar-refractivity contribution is 7.92. The van der Waals surface area contributed by atoms with Crippen molar-refractivity contribution in [2.45, 2.75) is 18.7 Å². The third-order valence-corrected chi connectivity index (χ3v) is 7.10. The Hall–Kier alpha value is -2.25. The van der Waals surface area contributed by atoms with E-state index in [1.807, 2.05) is 19.9 Å². The first-order valence-electron chi connectivity index (χ1n) is 8.73. The molecule has 9 heteroatoms. The van der Waals surface area contributed by atoms with E-state index in [4.69, 9.17) is 34.8 Å². The predicted octanol–water partition coefficient (Wildman–Crippen LogP) is 6.32. The molecule has 0 aliphatic rings. The number of carbonyl (C=O) groups excluding carboxylic acids is 1. The number of carbonyl (C=O) groups is 1. The van der Waals surface area contributed by atoms with E-state index in [0.29, 0.717) is 16.4 Å². The van der Waals surface area contributed by atoms with Gasteiger partial charge >= 0.3 is 0 Å². The molecule has 0 bridgehead atoms. The van der Waals surface area contributed by atoms with Crippen LogP contribution in [0.2, 0.25) is 15.1 Å². The van der Waals surface area contributed by atoms with Gasteiger partial charge < -0.3 is 5.32 Å². The largest absolute Gasteiger partial charge is 0.322 e. The van der Waals surface area contributed by atoms with Crippen LogP contribution in [0.5, 0.6) is 0 Å². The van der Waals surface area contributed by atoms with Crippen molar-refractivity contribution in [3.05, 3.63) is 86.4 Å². The SMILES string of the molecule is Cc1cccc(NS(=O)(=O)c2cc(C(=O)Nc3ccc(Cl)c(Cl)c3)ccc2Cl)c1C. The highest BCUT2D eigenvalue weighted by Gasteiger charge is 2.21. The van der Waals surface area contributed by atoms with Crippen LogP contribution in [0.1, 0.15) is 21.5 Å². The molecule has 1 amide bonds. The summed E-state index contributed by atoms with van der Waals surface area (Å²) in [6.45, 7) is 3.70. The molecule has 0 radical (unpaired) electrons. The van der Waals surface area contributed by atoms with E-state index in [2.05, 4.69) is 10.0 Å². The first kappa shape index (κ1) is 22.4. The molecule has 5 nitrogen and oxygen atoms in total. The molecule has 3 aromatic rings. The fraction of sp³-hybridized carbons (Fsp3) is 0.0952. The Morgan fingerprint density at radius 1 is 0.867 bits per heavy atom. The second-order valence-electron chi connectivity index (χ2n) is 6.58. The average Bonchev–Trinajstić information content (AvgIpc) is 2.68. The number of hydrogen-bond donors (Lipinski definition) is 2. The smallest absolute Gasteiger partial charge is 0.263 e. The van der Waals surface area contributed by atoms with Gasteiger partial charge in [0.1, 0.15) is 4.90 Å². The van der Waals surface area contributed by atoms with E-state index in [-0.39, 0.29) is 20.5 Å². The maximum atomic E-state index is 12.9. The van der Waals surface area contributed by atoms with Gasteiger partial charge in [0.2, 0.25) is 0 Å². The molecule has 0 spiro atoms. The first-order chi connectivity index (χ1) is 14.1. The summed E-state index contributed by atoms with van der Waals surface area (Å²) in [7, 11) is -4.02. The van der Waals surface area contributed by atoms with Gasteiger partial charge in [0.05, 0.1) is 20.8 Å². The molecule has 0 unspecified atom stereocenters. The predicted molar refractivity (Wildman–Crippen MR) is 123 cm³/mol. The fourth-order valence-corrected chi connectivity index (χ4v) is 4.64. The molecule has 2 N–H and O–H groups in total. The van der Waals surface area contributed by atoms with Gasteiger partial charge in [-0.1, -0.05) is 46.9 Å². The van der Waals surface area contributed by atoms with Gasteiger partial charge in [-0.25, -0.2) is 8.42 Å². The van der Waals surface area contributed by atoms with Gasteiger partial charge in [-0.3, -0.25) is 9.52 Å². The molecular weight excluding hydrogens is 467 g/mol. The Labute approximate surface area is 190 Å². The van der Waals surface area contributed by atoms with Gasteiger partial charge in [0.15, 0.2) is 0 Å². The minimum Gasteiger partial charge on any atom is -0.322 e.